The standard InChI is InChI=1S/C21H21F3N2O2/c1-14(25-21(27)7-3-15-2-5-17(22)19(24)12-15)16-4-6-18(23)20(13-16)26-8-10-28-11-9-26/h2-7,12-14H,8-11H2,1H3,(H,25,27)/b7-3+. The second-order valence-electron chi connectivity index (χ2n) is 6.55. The molecule has 2 aromatic carbocycles. The largest absolute Gasteiger partial charge is 0.378 e. The first kappa shape index (κ1) is 19.9. The zero-order chi connectivity index (χ0) is 20.1. The Morgan fingerprint density at radius 1 is 1.07 bits per heavy atom. The van der Waals surface area contributed by atoms with Crippen LogP contribution < -0.4 is 10.2 Å². The highest BCUT2D eigenvalue weighted by Crippen LogP contribution is 2.25. The third-order valence-electron chi connectivity index (χ3n) is 4.55. The van der Waals surface area contributed by atoms with Crippen molar-refractivity contribution >= 4 is 17.7 Å². The van der Waals surface area contributed by atoms with Crippen molar-refractivity contribution in [3.63, 3.8) is 0 Å². The Morgan fingerprint density at radius 3 is 2.50 bits per heavy atom. The van der Waals surface area contributed by atoms with Gasteiger partial charge in [-0.25, -0.2) is 13.2 Å². The predicted molar refractivity (Wildman–Crippen MR) is 101 cm³/mol. The molecule has 7 heteroatoms. The Balaban J connectivity index is 1.66. The van der Waals surface area contributed by atoms with E-state index in [9.17, 15) is 18.0 Å². The van der Waals surface area contributed by atoms with E-state index in [1.807, 2.05) is 4.90 Å². The maximum atomic E-state index is 14.2. The van der Waals surface area contributed by atoms with Gasteiger partial charge in [-0.1, -0.05) is 12.1 Å². The quantitative estimate of drug-likeness (QED) is 0.789. The molecule has 0 bridgehead atoms. The van der Waals surface area contributed by atoms with Gasteiger partial charge in [-0.2, -0.15) is 0 Å². The molecule has 1 fully saturated rings. The number of hydrogen-bond donors (Lipinski definition) is 1. The van der Waals surface area contributed by atoms with Crippen molar-refractivity contribution < 1.29 is 22.7 Å². The van der Waals surface area contributed by atoms with E-state index in [2.05, 4.69) is 5.32 Å². The average molecular weight is 390 g/mol. The minimum atomic E-state index is -0.974. The number of ether oxygens (including phenoxy) is 1. The Morgan fingerprint density at radius 2 is 1.79 bits per heavy atom. The molecule has 1 atom stereocenters. The van der Waals surface area contributed by atoms with E-state index in [1.54, 1.807) is 19.1 Å². The van der Waals surface area contributed by atoms with Crippen molar-refractivity contribution in [3.8, 4) is 0 Å². The van der Waals surface area contributed by atoms with E-state index in [4.69, 9.17) is 4.74 Å². The molecule has 2 aromatic rings. The monoisotopic (exact) mass is 390 g/mol. The molecule has 0 saturated carbocycles. The normalized spacial score (nSPS) is 15.6. The molecule has 1 aliphatic rings. The number of amides is 1. The Kier molecular flexibility index (Phi) is 6.36. The van der Waals surface area contributed by atoms with E-state index in [0.29, 0.717) is 37.6 Å². The van der Waals surface area contributed by atoms with E-state index in [0.717, 1.165) is 17.7 Å². The van der Waals surface area contributed by atoms with Crippen molar-refractivity contribution in [3.05, 3.63) is 71.1 Å². The molecule has 0 radical (unpaired) electrons. The van der Waals surface area contributed by atoms with Gasteiger partial charge in [-0.15, -0.1) is 0 Å². The number of nitrogens with zero attached hydrogens (tertiary/aromatic N) is 1. The summed E-state index contributed by atoms with van der Waals surface area (Å²) in [5.41, 5.74) is 1.62. The number of benzene rings is 2. The van der Waals surface area contributed by atoms with Crippen LogP contribution in [0.15, 0.2) is 42.5 Å². The number of hydrogen-bond acceptors (Lipinski definition) is 3. The summed E-state index contributed by atoms with van der Waals surface area (Å²) in [7, 11) is 0. The molecule has 4 nitrogen and oxygen atoms in total. The second-order valence-corrected chi connectivity index (χ2v) is 6.55. The van der Waals surface area contributed by atoms with Gasteiger partial charge in [-0.3, -0.25) is 4.79 Å². The fraction of sp³-hybridized carbons (Fsp3) is 0.286. The molecule has 1 heterocycles. The van der Waals surface area contributed by atoms with Crippen LogP contribution in [0.1, 0.15) is 24.1 Å². The number of rotatable bonds is 5. The maximum absolute atomic E-state index is 14.2. The highest BCUT2D eigenvalue weighted by Gasteiger charge is 2.17. The lowest BCUT2D eigenvalue weighted by Crippen LogP contribution is -2.37. The van der Waals surface area contributed by atoms with Crippen LogP contribution in [0.3, 0.4) is 0 Å². The van der Waals surface area contributed by atoms with Crippen LogP contribution in [0.25, 0.3) is 6.08 Å². The molecule has 148 valence electrons. The summed E-state index contributed by atoms with van der Waals surface area (Å²) in [6.45, 7) is 4.10. The van der Waals surface area contributed by atoms with Crippen molar-refractivity contribution in [2.24, 2.45) is 0 Å². The summed E-state index contributed by atoms with van der Waals surface area (Å²) < 4.78 is 45.7. The number of anilines is 1. The van der Waals surface area contributed by atoms with Gasteiger partial charge in [0.15, 0.2) is 11.6 Å². The molecule has 1 unspecified atom stereocenters. The third-order valence-corrected chi connectivity index (χ3v) is 4.55. The van der Waals surface area contributed by atoms with E-state index in [1.165, 1.54) is 24.3 Å². The Bertz CT molecular complexity index is 880. The lowest BCUT2D eigenvalue weighted by Gasteiger charge is -2.29. The van der Waals surface area contributed by atoms with Crippen LogP contribution in [0.4, 0.5) is 18.9 Å². The SMILES string of the molecule is CC(NC(=O)/C=C/c1ccc(F)c(F)c1)c1ccc(F)c(N2CCOCC2)c1. The molecule has 1 aliphatic heterocycles. The molecule has 1 amide bonds. The summed E-state index contributed by atoms with van der Waals surface area (Å²) in [4.78, 5) is 14.1. The fourth-order valence-corrected chi connectivity index (χ4v) is 2.98. The van der Waals surface area contributed by atoms with Gasteiger partial charge in [0.25, 0.3) is 0 Å². The minimum absolute atomic E-state index is 0.317. The van der Waals surface area contributed by atoms with Gasteiger partial charge in [0, 0.05) is 19.2 Å². The summed E-state index contributed by atoms with van der Waals surface area (Å²) >= 11 is 0. The molecule has 1 saturated heterocycles. The van der Waals surface area contributed by atoms with Crippen LogP contribution in [0.2, 0.25) is 0 Å². The smallest absolute Gasteiger partial charge is 0.244 e. The van der Waals surface area contributed by atoms with Crippen molar-refractivity contribution in [1.82, 2.24) is 5.32 Å². The van der Waals surface area contributed by atoms with Crippen LogP contribution in [-0.4, -0.2) is 32.2 Å². The number of nitrogens with one attached hydrogen (secondary N) is 1. The molecule has 0 aromatic heterocycles. The highest BCUT2D eigenvalue weighted by molar-refractivity contribution is 5.92. The number of morpholine rings is 1. The van der Waals surface area contributed by atoms with E-state index < -0.39 is 17.5 Å². The van der Waals surface area contributed by atoms with Crippen molar-refractivity contribution in [2.75, 3.05) is 31.2 Å². The molecule has 1 N–H and O–H groups in total. The Labute approximate surface area is 161 Å². The van der Waals surface area contributed by atoms with E-state index >= 15 is 0 Å². The van der Waals surface area contributed by atoms with Gasteiger partial charge < -0.3 is 15.0 Å². The number of halogens is 3. The topological polar surface area (TPSA) is 41.6 Å². The van der Waals surface area contributed by atoms with E-state index in [-0.39, 0.29) is 11.9 Å². The molecule has 0 spiro atoms. The molecule has 28 heavy (non-hydrogen) atoms. The van der Waals surface area contributed by atoms with Gasteiger partial charge in [0.1, 0.15) is 5.82 Å². The first-order chi connectivity index (χ1) is 13.4. The van der Waals surface area contributed by atoms with Crippen LogP contribution in [0, 0.1) is 17.5 Å². The van der Waals surface area contributed by atoms with Crippen molar-refractivity contribution in [1.29, 1.82) is 0 Å². The zero-order valence-corrected chi connectivity index (χ0v) is 15.4. The lowest BCUT2D eigenvalue weighted by molar-refractivity contribution is -0.117. The number of carbonyl (C=O) groups excluding carboxylic acids is 1. The summed E-state index contributed by atoms with van der Waals surface area (Å²) in [6, 6.07) is 7.77. The fourth-order valence-electron chi connectivity index (χ4n) is 2.98. The minimum Gasteiger partial charge on any atom is -0.378 e. The van der Waals surface area contributed by atoms with Gasteiger partial charge in [0.05, 0.1) is 24.9 Å². The highest BCUT2D eigenvalue weighted by atomic mass is 19.2. The van der Waals surface area contributed by atoms with Gasteiger partial charge in [0.2, 0.25) is 5.91 Å². The zero-order valence-electron chi connectivity index (χ0n) is 15.4. The molecular formula is C21H21F3N2O2. The lowest BCUT2D eigenvalue weighted by atomic mass is 10.1. The van der Waals surface area contributed by atoms with Crippen molar-refractivity contribution in [2.45, 2.75) is 13.0 Å². The first-order valence-electron chi connectivity index (χ1n) is 9.00. The molecule has 0 aliphatic carbocycles. The average Bonchev–Trinajstić information content (AvgIpc) is 2.70. The maximum Gasteiger partial charge on any atom is 0.244 e. The van der Waals surface area contributed by atoms with Gasteiger partial charge in [-0.05, 0) is 48.4 Å². The summed E-state index contributed by atoms with van der Waals surface area (Å²) in [5.74, 6) is -2.63. The van der Waals surface area contributed by atoms with Gasteiger partial charge >= 0.3 is 0 Å². The molecular weight excluding hydrogens is 369 g/mol. The summed E-state index contributed by atoms with van der Waals surface area (Å²) in [5, 5.41) is 2.78. The second kappa shape index (κ2) is 8.93. The van der Waals surface area contributed by atoms with Crippen LogP contribution in [0.5, 0.6) is 0 Å². The van der Waals surface area contributed by atoms with Crippen LogP contribution in [-0.2, 0) is 9.53 Å². The first-order valence-corrected chi connectivity index (χ1v) is 9.00. The molecule has 3 rings (SSSR count). The third kappa shape index (κ3) is 4.92. The van der Waals surface area contributed by atoms with Crippen LogP contribution >= 0.6 is 0 Å². The predicted octanol–water partition coefficient (Wildman–Crippen LogP) is 3.83. The summed E-state index contributed by atoms with van der Waals surface area (Å²) in [6.07, 6.45) is 2.64. The number of carbonyl (C=O) groups is 1. The Hall–Kier alpha value is -2.80.